The van der Waals surface area contributed by atoms with Gasteiger partial charge in [-0.2, -0.15) is 0 Å². The summed E-state index contributed by atoms with van der Waals surface area (Å²) in [6.07, 6.45) is 4.16. The van der Waals surface area contributed by atoms with E-state index >= 15 is 0 Å². The molecule has 1 unspecified atom stereocenters. The average Bonchev–Trinajstić information content (AvgIpc) is 2.88. The van der Waals surface area contributed by atoms with E-state index in [0.29, 0.717) is 6.04 Å². The lowest BCUT2D eigenvalue weighted by Crippen LogP contribution is -2.23. The first-order valence-electron chi connectivity index (χ1n) is 7.15. The Bertz CT molecular complexity index is 387. The minimum atomic E-state index is 0.387. The van der Waals surface area contributed by atoms with Gasteiger partial charge in [-0.05, 0) is 45.7 Å². The van der Waals surface area contributed by atoms with Crippen molar-refractivity contribution in [3.05, 3.63) is 12.4 Å². The van der Waals surface area contributed by atoms with Gasteiger partial charge in [-0.15, -0.1) is 0 Å². The second-order valence-corrected chi connectivity index (χ2v) is 5.63. The van der Waals surface area contributed by atoms with Crippen molar-refractivity contribution in [3.63, 3.8) is 0 Å². The number of nitrogens with zero attached hydrogens (tertiary/aromatic N) is 3. The zero-order valence-electron chi connectivity index (χ0n) is 12.2. The van der Waals surface area contributed by atoms with Gasteiger partial charge in [0.1, 0.15) is 18.0 Å². The smallest absolute Gasteiger partial charge is 0.133 e. The summed E-state index contributed by atoms with van der Waals surface area (Å²) < 4.78 is 0. The molecule has 5 heteroatoms. The summed E-state index contributed by atoms with van der Waals surface area (Å²) in [5.74, 6) is 2.70. The fourth-order valence-corrected chi connectivity index (χ4v) is 2.38. The van der Waals surface area contributed by atoms with Gasteiger partial charge in [0.2, 0.25) is 0 Å². The van der Waals surface area contributed by atoms with Crippen molar-refractivity contribution in [2.45, 2.75) is 32.7 Å². The standard InChI is InChI=1S/C14H25N5/c1-11(2)18-13-8-14(17-10-16-13)19(3)7-5-12-4-6-15-9-12/h8,10-12,15H,4-7,9H2,1-3H3,(H,16,17,18). The normalized spacial score (nSPS) is 18.8. The highest BCUT2D eigenvalue weighted by Gasteiger charge is 2.15. The maximum atomic E-state index is 4.35. The Morgan fingerprint density at radius 3 is 3.00 bits per heavy atom. The fourth-order valence-electron chi connectivity index (χ4n) is 2.38. The van der Waals surface area contributed by atoms with Gasteiger partial charge in [-0.25, -0.2) is 9.97 Å². The van der Waals surface area contributed by atoms with Gasteiger partial charge in [-0.3, -0.25) is 0 Å². The second-order valence-electron chi connectivity index (χ2n) is 5.63. The highest BCUT2D eigenvalue weighted by molar-refractivity contribution is 5.48. The number of aromatic nitrogens is 2. The van der Waals surface area contributed by atoms with Crippen LogP contribution in [0.4, 0.5) is 11.6 Å². The van der Waals surface area contributed by atoms with Crippen LogP contribution in [0.5, 0.6) is 0 Å². The number of hydrogen-bond acceptors (Lipinski definition) is 5. The minimum Gasteiger partial charge on any atom is -0.368 e. The SMILES string of the molecule is CC(C)Nc1cc(N(C)CCC2CCNC2)ncn1. The van der Waals surface area contributed by atoms with E-state index in [4.69, 9.17) is 0 Å². The molecule has 0 bridgehead atoms. The van der Waals surface area contributed by atoms with Crippen LogP contribution in [0.1, 0.15) is 26.7 Å². The zero-order valence-corrected chi connectivity index (χ0v) is 12.2. The fraction of sp³-hybridized carbons (Fsp3) is 0.714. The highest BCUT2D eigenvalue weighted by atomic mass is 15.2. The first-order chi connectivity index (χ1) is 9.15. The van der Waals surface area contributed by atoms with E-state index in [-0.39, 0.29) is 0 Å². The molecular formula is C14H25N5. The van der Waals surface area contributed by atoms with Crippen LogP contribution in [0.3, 0.4) is 0 Å². The molecule has 0 radical (unpaired) electrons. The van der Waals surface area contributed by atoms with E-state index in [1.54, 1.807) is 6.33 Å². The lowest BCUT2D eigenvalue weighted by Gasteiger charge is -2.20. The second kappa shape index (κ2) is 6.70. The maximum Gasteiger partial charge on any atom is 0.133 e. The Morgan fingerprint density at radius 2 is 2.32 bits per heavy atom. The van der Waals surface area contributed by atoms with Crippen molar-refractivity contribution >= 4 is 11.6 Å². The van der Waals surface area contributed by atoms with E-state index in [2.05, 4.69) is 46.4 Å². The molecule has 1 atom stereocenters. The van der Waals surface area contributed by atoms with Crippen LogP contribution in [0.25, 0.3) is 0 Å². The van der Waals surface area contributed by atoms with Crippen molar-refractivity contribution in [3.8, 4) is 0 Å². The molecule has 2 N–H and O–H groups in total. The topological polar surface area (TPSA) is 53.1 Å². The number of rotatable bonds is 6. The summed E-state index contributed by atoms with van der Waals surface area (Å²) in [6, 6.07) is 2.41. The van der Waals surface area contributed by atoms with E-state index < -0.39 is 0 Å². The van der Waals surface area contributed by atoms with Gasteiger partial charge in [0.15, 0.2) is 0 Å². The van der Waals surface area contributed by atoms with Gasteiger partial charge in [0.05, 0.1) is 0 Å². The summed E-state index contributed by atoms with van der Waals surface area (Å²) in [5, 5.41) is 6.72. The number of nitrogens with one attached hydrogen (secondary N) is 2. The molecule has 19 heavy (non-hydrogen) atoms. The van der Waals surface area contributed by atoms with Crippen molar-refractivity contribution in [2.24, 2.45) is 5.92 Å². The first kappa shape index (κ1) is 14.1. The molecule has 1 aliphatic heterocycles. The minimum absolute atomic E-state index is 0.387. The van der Waals surface area contributed by atoms with Gasteiger partial charge in [-0.1, -0.05) is 0 Å². The summed E-state index contributed by atoms with van der Waals surface area (Å²) in [7, 11) is 2.10. The summed E-state index contributed by atoms with van der Waals surface area (Å²) >= 11 is 0. The Labute approximate surface area is 115 Å². The van der Waals surface area contributed by atoms with Crippen LogP contribution in [-0.2, 0) is 0 Å². The number of hydrogen-bond donors (Lipinski definition) is 2. The van der Waals surface area contributed by atoms with E-state index in [0.717, 1.165) is 30.6 Å². The maximum absolute atomic E-state index is 4.35. The molecule has 1 aromatic heterocycles. The Morgan fingerprint density at radius 1 is 1.47 bits per heavy atom. The van der Waals surface area contributed by atoms with E-state index in [1.807, 2.05) is 6.07 Å². The zero-order chi connectivity index (χ0) is 13.7. The van der Waals surface area contributed by atoms with Crippen LogP contribution < -0.4 is 15.5 Å². The molecule has 0 amide bonds. The van der Waals surface area contributed by atoms with Crippen LogP contribution in [0, 0.1) is 5.92 Å². The van der Waals surface area contributed by atoms with Crippen molar-refractivity contribution in [2.75, 3.05) is 36.9 Å². The Hall–Kier alpha value is -1.36. The van der Waals surface area contributed by atoms with Gasteiger partial charge in [0, 0.05) is 25.7 Å². The van der Waals surface area contributed by atoms with Crippen LogP contribution in [0.2, 0.25) is 0 Å². The number of anilines is 2. The lowest BCUT2D eigenvalue weighted by molar-refractivity contribution is 0.532. The molecule has 2 heterocycles. The third kappa shape index (κ3) is 4.35. The average molecular weight is 263 g/mol. The van der Waals surface area contributed by atoms with Crippen molar-refractivity contribution in [1.82, 2.24) is 15.3 Å². The van der Waals surface area contributed by atoms with Crippen LogP contribution in [-0.4, -0.2) is 42.7 Å². The molecule has 0 aliphatic carbocycles. The third-order valence-electron chi connectivity index (χ3n) is 3.52. The predicted molar refractivity (Wildman–Crippen MR) is 79.7 cm³/mol. The monoisotopic (exact) mass is 263 g/mol. The largest absolute Gasteiger partial charge is 0.368 e. The predicted octanol–water partition coefficient (Wildman–Crippen LogP) is 1.73. The summed E-state index contributed by atoms with van der Waals surface area (Å²) in [4.78, 5) is 10.8. The molecule has 0 aromatic carbocycles. The Kier molecular flexibility index (Phi) is 4.96. The van der Waals surface area contributed by atoms with Crippen molar-refractivity contribution in [1.29, 1.82) is 0 Å². The molecule has 2 rings (SSSR count). The van der Waals surface area contributed by atoms with Crippen LogP contribution in [0.15, 0.2) is 12.4 Å². The molecule has 1 saturated heterocycles. The molecule has 5 nitrogen and oxygen atoms in total. The molecule has 0 spiro atoms. The van der Waals surface area contributed by atoms with Crippen molar-refractivity contribution < 1.29 is 0 Å². The Balaban J connectivity index is 1.88. The molecule has 1 fully saturated rings. The molecule has 1 aliphatic rings. The van der Waals surface area contributed by atoms with Gasteiger partial charge < -0.3 is 15.5 Å². The van der Waals surface area contributed by atoms with E-state index in [1.165, 1.54) is 19.4 Å². The third-order valence-corrected chi connectivity index (χ3v) is 3.52. The van der Waals surface area contributed by atoms with E-state index in [9.17, 15) is 0 Å². The summed E-state index contributed by atoms with van der Waals surface area (Å²) in [6.45, 7) is 7.60. The highest BCUT2D eigenvalue weighted by Crippen LogP contribution is 2.17. The lowest BCUT2D eigenvalue weighted by atomic mass is 10.1. The van der Waals surface area contributed by atoms with Crippen LogP contribution >= 0.6 is 0 Å². The quantitative estimate of drug-likeness (QED) is 0.818. The molecule has 1 aromatic rings. The van der Waals surface area contributed by atoms with Gasteiger partial charge >= 0.3 is 0 Å². The molecule has 106 valence electrons. The first-order valence-corrected chi connectivity index (χ1v) is 7.15. The van der Waals surface area contributed by atoms with Gasteiger partial charge in [0.25, 0.3) is 0 Å². The summed E-state index contributed by atoms with van der Waals surface area (Å²) in [5.41, 5.74) is 0. The molecular weight excluding hydrogens is 238 g/mol. The molecule has 0 saturated carbocycles.